The Morgan fingerprint density at radius 3 is 2.25 bits per heavy atom. The van der Waals surface area contributed by atoms with E-state index in [0.717, 1.165) is 28.7 Å². The molecule has 2 amide bonds. The molecule has 0 fully saturated rings. The summed E-state index contributed by atoms with van der Waals surface area (Å²) < 4.78 is 26.9. The first kappa shape index (κ1) is 19.5. The number of hydrogen-bond acceptors (Lipinski definition) is 4. The minimum Gasteiger partial charge on any atom is -0.503 e. The second kappa shape index (κ2) is 7.80. The van der Waals surface area contributed by atoms with E-state index in [1.807, 2.05) is 24.3 Å². The maximum atomic E-state index is 13.4. The molecule has 2 aromatic rings. The van der Waals surface area contributed by atoms with E-state index in [1.54, 1.807) is 0 Å². The highest BCUT2D eigenvalue weighted by molar-refractivity contribution is 6.17. The minimum absolute atomic E-state index is 0.0775. The number of amides is 2. The fourth-order valence-corrected chi connectivity index (χ4v) is 2.91. The van der Waals surface area contributed by atoms with Crippen molar-refractivity contribution in [2.24, 2.45) is 0 Å². The number of benzene rings is 2. The zero-order valence-electron chi connectivity index (χ0n) is 15.5. The second-order valence-corrected chi connectivity index (χ2v) is 6.91. The lowest BCUT2D eigenvalue weighted by molar-refractivity contribution is -0.137. The first-order valence-electron chi connectivity index (χ1n) is 8.87. The monoisotopic (exact) mass is 386 g/mol. The van der Waals surface area contributed by atoms with Crippen LogP contribution in [0.25, 0.3) is 0 Å². The minimum atomic E-state index is -1.17. The Bertz CT molecular complexity index is 930. The summed E-state index contributed by atoms with van der Waals surface area (Å²) in [6.45, 7) is 4.39. The SMILES string of the molecule is CC(C)c1ccc(CCN2C(=O)C=C(Nc3cc(F)c(O)c(F)c3)C2=O)cc1. The molecule has 146 valence electrons. The summed E-state index contributed by atoms with van der Waals surface area (Å²) in [5.41, 5.74) is 2.05. The van der Waals surface area contributed by atoms with E-state index in [9.17, 15) is 18.4 Å². The molecule has 0 unspecified atom stereocenters. The zero-order chi connectivity index (χ0) is 20.4. The number of nitrogens with zero attached hydrogens (tertiary/aromatic N) is 1. The van der Waals surface area contributed by atoms with E-state index in [4.69, 9.17) is 5.11 Å². The predicted molar refractivity (Wildman–Crippen MR) is 101 cm³/mol. The van der Waals surface area contributed by atoms with E-state index < -0.39 is 29.2 Å². The van der Waals surface area contributed by atoms with E-state index in [1.165, 1.54) is 5.56 Å². The number of anilines is 1. The molecule has 28 heavy (non-hydrogen) atoms. The molecule has 1 aliphatic heterocycles. The van der Waals surface area contributed by atoms with Crippen molar-refractivity contribution in [1.82, 2.24) is 4.90 Å². The third-order valence-electron chi connectivity index (χ3n) is 4.58. The number of hydrogen-bond donors (Lipinski definition) is 2. The van der Waals surface area contributed by atoms with Gasteiger partial charge in [0.1, 0.15) is 5.70 Å². The molecule has 7 heteroatoms. The fraction of sp³-hybridized carbons (Fsp3) is 0.238. The van der Waals surface area contributed by atoms with Gasteiger partial charge in [0.15, 0.2) is 17.4 Å². The summed E-state index contributed by atoms with van der Waals surface area (Å²) in [5, 5.41) is 11.7. The summed E-state index contributed by atoms with van der Waals surface area (Å²) in [6.07, 6.45) is 1.59. The summed E-state index contributed by atoms with van der Waals surface area (Å²) in [4.78, 5) is 25.7. The molecule has 5 nitrogen and oxygen atoms in total. The third-order valence-corrected chi connectivity index (χ3v) is 4.58. The topological polar surface area (TPSA) is 69.6 Å². The maximum absolute atomic E-state index is 13.4. The van der Waals surface area contributed by atoms with Crippen LogP contribution in [0.2, 0.25) is 0 Å². The first-order chi connectivity index (χ1) is 13.3. The smallest absolute Gasteiger partial charge is 0.277 e. The molecule has 0 atom stereocenters. The van der Waals surface area contributed by atoms with Gasteiger partial charge in [-0.15, -0.1) is 0 Å². The van der Waals surface area contributed by atoms with Crippen LogP contribution in [0.15, 0.2) is 48.2 Å². The number of carbonyl (C=O) groups is 2. The molecule has 0 bridgehead atoms. The van der Waals surface area contributed by atoms with Crippen molar-refractivity contribution in [2.75, 3.05) is 11.9 Å². The lowest BCUT2D eigenvalue weighted by Crippen LogP contribution is -2.33. The molecule has 2 N–H and O–H groups in total. The molecular formula is C21H20F2N2O3. The molecule has 2 aromatic carbocycles. The number of phenols is 1. The van der Waals surface area contributed by atoms with Crippen LogP contribution in [0.1, 0.15) is 30.9 Å². The Morgan fingerprint density at radius 2 is 1.68 bits per heavy atom. The number of imide groups is 1. The molecule has 0 saturated carbocycles. The summed E-state index contributed by atoms with van der Waals surface area (Å²) in [6, 6.07) is 9.66. The number of rotatable bonds is 6. The average molecular weight is 386 g/mol. The highest BCUT2D eigenvalue weighted by Crippen LogP contribution is 2.26. The molecule has 0 aliphatic carbocycles. The normalized spacial score (nSPS) is 14.0. The molecule has 0 saturated heterocycles. The van der Waals surface area contributed by atoms with Crippen molar-refractivity contribution >= 4 is 17.5 Å². The van der Waals surface area contributed by atoms with Crippen LogP contribution in [0.5, 0.6) is 5.75 Å². The van der Waals surface area contributed by atoms with E-state index in [-0.39, 0.29) is 17.9 Å². The van der Waals surface area contributed by atoms with Gasteiger partial charge in [-0.3, -0.25) is 14.5 Å². The van der Waals surface area contributed by atoms with Crippen molar-refractivity contribution < 1.29 is 23.5 Å². The van der Waals surface area contributed by atoms with Gasteiger partial charge in [-0.1, -0.05) is 38.1 Å². The molecule has 1 aliphatic rings. The van der Waals surface area contributed by atoms with Crippen molar-refractivity contribution in [3.63, 3.8) is 0 Å². The number of phenolic OH excluding ortho intramolecular Hbond substituents is 1. The number of aromatic hydroxyl groups is 1. The Kier molecular flexibility index (Phi) is 5.44. The van der Waals surface area contributed by atoms with Crippen LogP contribution in [-0.4, -0.2) is 28.4 Å². The summed E-state index contributed by atoms with van der Waals surface area (Å²) in [5.74, 6) is -4.08. The zero-order valence-corrected chi connectivity index (χ0v) is 15.5. The van der Waals surface area contributed by atoms with Crippen LogP contribution in [-0.2, 0) is 16.0 Å². The van der Waals surface area contributed by atoms with Gasteiger partial charge in [-0.25, -0.2) is 8.78 Å². The molecule has 3 rings (SSSR count). The van der Waals surface area contributed by atoms with Gasteiger partial charge >= 0.3 is 0 Å². The van der Waals surface area contributed by atoms with Crippen LogP contribution < -0.4 is 5.32 Å². The van der Waals surface area contributed by atoms with Crippen LogP contribution in [0, 0.1) is 11.6 Å². The first-order valence-corrected chi connectivity index (χ1v) is 8.87. The van der Waals surface area contributed by atoms with Gasteiger partial charge in [0.25, 0.3) is 11.8 Å². The van der Waals surface area contributed by atoms with E-state index in [2.05, 4.69) is 19.2 Å². The highest BCUT2D eigenvalue weighted by atomic mass is 19.1. The van der Waals surface area contributed by atoms with Gasteiger partial charge in [-0.05, 0) is 23.5 Å². The lowest BCUT2D eigenvalue weighted by atomic mass is 10.0. The van der Waals surface area contributed by atoms with Crippen molar-refractivity contribution in [3.05, 3.63) is 70.9 Å². The molecule has 0 aromatic heterocycles. The lowest BCUT2D eigenvalue weighted by Gasteiger charge is -2.16. The van der Waals surface area contributed by atoms with Crippen molar-refractivity contribution in [3.8, 4) is 5.75 Å². The number of carbonyl (C=O) groups excluding carboxylic acids is 2. The molecular weight excluding hydrogens is 366 g/mol. The number of nitrogens with one attached hydrogen (secondary N) is 1. The Balaban J connectivity index is 1.65. The van der Waals surface area contributed by atoms with E-state index in [0.29, 0.717) is 12.3 Å². The third kappa shape index (κ3) is 4.03. The Morgan fingerprint density at radius 1 is 1.07 bits per heavy atom. The molecule has 0 radical (unpaired) electrons. The molecule has 0 spiro atoms. The molecule has 1 heterocycles. The summed E-state index contributed by atoms with van der Waals surface area (Å²) in [7, 11) is 0. The van der Waals surface area contributed by atoms with Crippen molar-refractivity contribution in [2.45, 2.75) is 26.2 Å². The van der Waals surface area contributed by atoms with Gasteiger partial charge in [0.05, 0.1) is 0 Å². The van der Waals surface area contributed by atoms with Gasteiger partial charge in [0.2, 0.25) is 0 Å². The summed E-state index contributed by atoms with van der Waals surface area (Å²) >= 11 is 0. The standard InChI is InChI=1S/C21H20F2N2O3/c1-12(2)14-5-3-13(4-6-14)7-8-25-19(26)11-18(21(25)28)24-15-9-16(22)20(27)17(23)10-15/h3-6,9-12,24,27H,7-8H2,1-2H3. The Hall–Kier alpha value is -3.22. The maximum Gasteiger partial charge on any atom is 0.277 e. The van der Waals surface area contributed by atoms with Gasteiger partial charge < -0.3 is 10.4 Å². The fourth-order valence-electron chi connectivity index (χ4n) is 2.91. The van der Waals surface area contributed by atoms with E-state index >= 15 is 0 Å². The van der Waals surface area contributed by atoms with Crippen LogP contribution >= 0.6 is 0 Å². The van der Waals surface area contributed by atoms with Crippen molar-refractivity contribution in [1.29, 1.82) is 0 Å². The van der Waals surface area contributed by atoms with Gasteiger partial charge in [-0.2, -0.15) is 0 Å². The van der Waals surface area contributed by atoms with Crippen LogP contribution in [0.3, 0.4) is 0 Å². The number of halogens is 2. The average Bonchev–Trinajstić information content (AvgIpc) is 2.91. The predicted octanol–water partition coefficient (Wildman–Crippen LogP) is 3.70. The second-order valence-electron chi connectivity index (χ2n) is 6.91. The van der Waals surface area contributed by atoms with Gasteiger partial charge in [0, 0.05) is 30.4 Å². The Labute approximate surface area is 161 Å². The highest BCUT2D eigenvalue weighted by Gasteiger charge is 2.31. The largest absolute Gasteiger partial charge is 0.503 e. The van der Waals surface area contributed by atoms with Crippen LogP contribution in [0.4, 0.5) is 14.5 Å². The quantitative estimate of drug-likeness (QED) is 0.587.